The summed E-state index contributed by atoms with van der Waals surface area (Å²) in [5.41, 5.74) is 0.642. The van der Waals surface area contributed by atoms with Gasteiger partial charge in [-0.1, -0.05) is 23.7 Å². The number of amides is 2. The highest BCUT2D eigenvalue weighted by atomic mass is 35.5. The van der Waals surface area contributed by atoms with Crippen molar-refractivity contribution in [2.24, 2.45) is 0 Å². The summed E-state index contributed by atoms with van der Waals surface area (Å²) in [5, 5.41) is 3.41. The number of rotatable bonds is 5. The predicted molar refractivity (Wildman–Crippen MR) is 113 cm³/mol. The number of carbonyl (C=O) groups is 2. The maximum Gasteiger partial charge on any atom is 0.238 e. The number of hydrogen-bond donors (Lipinski definition) is 1. The molecule has 6 nitrogen and oxygen atoms in total. The Kier molecular flexibility index (Phi) is 7.32. The maximum absolute atomic E-state index is 12.8. The van der Waals surface area contributed by atoms with Crippen molar-refractivity contribution in [2.75, 3.05) is 44.6 Å². The molecule has 2 saturated heterocycles. The van der Waals surface area contributed by atoms with Crippen molar-refractivity contribution in [1.29, 1.82) is 0 Å². The molecule has 28 heavy (non-hydrogen) atoms. The minimum Gasteiger partial charge on any atom is -0.336 e. The molecule has 2 amide bonds. The molecule has 154 valence electrons. The highest BCUT2D eigenvalue weighted by Gasteiger charge is 2.30. The zero-order valence-electron chi connectivity index (χ0n) is 16.9. The molecular formula is C21H31ClN4O2. The Morgan fingerprint density at radius 2 is 1.57 bits per heavy atom. The lowest BCUT2D eigenvalue weighted by Gasteiger charge is -2.41. The summed E-state index contributed by atoms with van der Waals surface area (Å²) in [6.45, 7) is 8.32. The Labute approximate surface area is 172 Å². The Morgan fingerprint density at radius 1 is 1.00 bits per heavy atom. The molecule has 0 aliphatic carbocycles. The quantitative estimate of drug-likeness (QED) is 0.816. The molecule has 2 atom stereocenters. The lowest BCUT2D eigenvalue weighted by Crippen LogP contribution is -2.54. The van der Waals surface area contributed by atoms with Crippen molar-refractivity contribution in [3.8, 4) is 0 Å². The zero-order chi connectivity index (χ0) is 20.1. The van der Waals surface area contributed by atoms with E-state index < -0.39 is 0 Å². The van der Waals surface area contributed by atoms with Crippen molar-refractivity contribution < 1.29 is 9.59 Å². The van der Waals surface area contributed by atoms with Gasteiger partial charge in [-0.15, -0.1) is 0 Å². The standard InChI is InChI=1S/C21H31ClN4O2/c1-16-6-5-7-17(2)26(16)21(28)15-25-12-10-24(11-13-25)14-20(27)23-19-9-4-3-8-18(19)22/h3-4,8-9,16-17H,5-7,10-15H2,1-2H3,(H,23,27). The molecule has 2 heterocycles. The molecule has 2 fully saturated rings. The first-order valence-corrected chi connectivity index (χ1v) is 10.6. The largest absolute Gasteiger partial charge is 0.336 e. The molecule has 1 aromatic carbocycles. The molecule has 0 bridgehead atoms. The molecule has 2 aliphatic heterocycles. The monoisotopic (exact) mass is 406 g/mol. The predicted octanol–water partition coefficient (Wildman–Crippen LogP) is 2.69. The first-order valence-electron chi connectivity index (χ1n) is 10.2. The second-order valence-corrected chi connectivity index (χ2v) is 8.42. The smallest absolute Gasteiger partial charge is 0.238 e. The van der Waals surface area contributed by atoms with E-state index in [9.17, 15) is 9.59 Å². The third-order valence-electron chi connectivity index (χ3n) is 5.82. The van der Waals surface area contributed by atoms with E-state index in [1.165, 1.54) is 6.42 Å². The van der Waals surface area contributed by atoms with E-state index in [1.54, 1.807) is 12.1 Å². The lowest BCUT2D eigenvalue weighted by molar-refractivity contribution is -0.139. The van der Waals surface area contributed by atoms with Crippen molar-refractivity contribution in [2.45, 2.75) is 45.2 Å². The summed E-state index contributed by atoms with van der Waals surface area (Å²) < 4.78 is 0. The SMILES string of the molecule is CC1CCCC(C)N1C(=O)CN1CCN(CC(=O)Nc2ccccc2Cl)CC1. The van der Waals surface area contributed by atoms with Crippen LogP contribution in [-0.4, -0.2) is 77.9 Å². The Bertz CT molecular complexity index is 681. The first kappa shape index (κ1) is 21.1. The Morgan fingerprint density at radius 3 is 2.18 bits per heavy atom. The van der Waals surface area contributed by atoms with Gasteiger partial charge in [-0.25, -0.2) is 0 Å². The van der Waals surface area contributed by atoms with Gasteiger partial charge in [0.05, 0.1) is 23.8 Å². The number of likely N-dealkylation sites (tertiary alicyclic amines) is 1. The van der Waals surface area contributed by atoms with Crippen LogP contribution in [-0.2, 0) is 9.59 Å². The van der Waals surface area contributed by atoms with Crippen molar-refractivity contribution in [3.63, 3.8) is 0 Å². The number of piperidine rings is 1. The average Bonchev–Trinajstić information content (AvgIpc) is 2.65. The minimum atomic E-state index is -0.0615. The third kappa shape index (κ3) is 5.46. The molecule has 2 unspecified atom stereocenters. The number of halogens is 1. The number of carbonyl (C=O) groups excluding carboxylic acids is 2. The highest BCUT2D eigenvalue weighted by molar-refractivity contribution is 6.33. The molecule has 1 N–H and O–H groups in total. The summed E-state index contributed by atoms with van der Waals surface area (Å²) in [6.07, 6.45) is 3.41. The number of benzene rings is 1. The van der Waals surface area contributed by atoms with Crippen LogP contribution < -0.4 is 5.32 Å². The fraction of sp³-hybridized carbons (Fsp3) is 0.619. The molecule has 0 spiro atoms. The average molecular weight is 407 g/mol. The Balaban J connectivity index is 1.42. The van der Waals surface area contributed by atoms with E-state index in [1.807, 2.05) is 12.1 Å². The van der Waals surface area contributed by atoms with Gasteiger partial charge >= 0.3 is 0 Å². The van der Waals surface area contributed by atoms with E-state index in [4.69, 9.17) is 11.6 Å². The van der Waals surface area contributed by atoms with Crippen molar-refractivity contribution in [1.82, 2.24) is 14.7 Å². The number of piperazine rings is 1. The minimum absolute atomic E-state index is 0.0615. The van der Waals surface area contributed by atoms with E-state index in [0.717, 1.165) is 39.0 Å². The van der Waals surface area contributed by atoms with Gasteiger partial charge in [-0.2, -0.15) is 0 Å². The molecule has 3 rings (SSSR count). The van der Waals surface area contributed by atoms with Crippen LogP contribution in [0.3, 0.4) is 0 Å². The summed E-state index contributed by atoms with van der Waals surface area (Å²) in [6, 6.07) is 7.92. The van der Waals surface area contributed by atoms with Crippen LogP contribution in [0.4, 0.5) is 5.69 Å². The van der Waals surface area contributed by atoms with Crippen LogP contribution >= 0.6 is 11.6 Å². The molecule has 0 aromatic heterocycles. The van der Waals surface area contributed by atoms with Gasteiger partial charge in [0.1, 0.15) is 0 Å². The molecule has 2 aliphatic rings. The normalized spacial score (nSPS) is 24.2. The van der Waals surface area contributed by atoms with Gasteiger partial charge < -0.3 is 10.2 Å². The van der Waals surface area contributed by atoms with Crippen LogP contribution in [0.1, 0.15) is 33.1 Å². The summed E-state index contributed by atoms with van der Waals surface area (Å²) in [5.74, 6) is 0.179. The van der Waals surface area contributed by atoms with E-state index >= 15 is 0 Å². The second-order valence-electron chi connectivity index (χ2n) is 8.01. The third-order valence-corrected chi connectivity index (χ3v) is 6.15. The maximum atomic E-state index is 12.8. The number of hydrogen-bond acceptors (Lipinski definition) is 4. The first-order chi connectivity index (χ1) is 13.4. The number of anilines is 1. The van der Waals surface area contributed by atoms with Gasteiger partial charge in [0.2, 0.25) is 11.8 Å². The van der Waals surface area contributed by atoms with Crippen LogP contribution in [0, 0.1) is 0 Å². The highest BCUT2D eigenvalue weighted by Crippen LogP contribution is 2.23. The zero-order valence-corrected chi connectivity index (χ0v) is 17.6. The van der Waals surface area contributed by atoms with E-state index in [0.29, 0.717) is 35.9 Å². The van der Waals surface area contributed by atoms with E-state index in [2.05, 4.69) is 33.9 Å². The van der Waals surface area contributed by atoms with Crippen LogP contribution in [0.2, 0.25) is 5.02 Å². The van der Waals surface area contributed by atoms with Gasteiger partial charge in [0.25, 0.3) is 0 Å². The van der Waals surface area contributed by atoms with Gasteiger partial charge in [-0.3, -0.25) is 19.4 Å². The molecule has 0 radical (unpaired) electrons. The van der Waals surface area contributed by atoms with Crippen LogP contribution in [0.15, 0.2) is 24.3 Å². The molecule has 0 saturated carbocycles. The summed E-state index contributed by atoms with van der Waals surface area (Å²) in [4.78, 5) is 31.5. The van der Waals surface area contributed by atoms with Crippen molar-refractivity contribution >= 4 is 29.1 Å². The van der Waals surface area contributed by atoms with Crippen LogP contribution in [0.25, 0.3) is 0 Å². The Hall–Kier alpha value is -1.63. The number of para-hydroxylation sites is 1. The summed E-state index contributed by atoms with van der Waals surface area (Å²) >= 11 is 6.09. The fourth-order valence-electron chi connectivity index (χ4n) is 4.25. The molecule has 7 heteroatoms. The molecule has 1 aromatic rings. The number of nitrogens with one attached hydrogen (secondary N) is 1. The van der Waals surface area contributed by atoms with Crippen molar-refractivity contribution in [3.05, 3.63) is 29.3 Å². The van der Waals surface area contributed by atoms with Gasteiger partial charge in [0.15, 0.2) is 0 Å². The fourth-order valence-corrected chi connectivity index (χ4v) is 4.43. The van der Waals surface area contributed by atoms with E-state index in [-0.39, 0.29) is 11.8 Å². The molecular weight excluding hydrogens is 376 g/mol. The van der Waals surface area contributed by atoms with Gasteiger partial charge in [0, 0.05) is 38.3 Å². The lowest BCUT2D eigenvalue weighted by atomic mass is 9.97. The summed E-state index contributed by atoms with van der Waals surface area (Å²) in [7, 11) is 0. The number of nitrogens with zero attached hydrogens (tertiary/aromatic N) is 3. The topological polar surface area (TPSA) is 55.9 Å². The van der Waals surface area contributed by atoms with Crippen LogP contribution in [0.5, 0.6) is 0 Å². The second kappa shape index (κ2) is 9.72. The van der Waals surface area contributed by atoms with Gasteiger partial charge in [-0.05, 0) is 45.2 Å².